The van der Waals surface area contributed by atoms with Gasteiger partial charge in [0.1, 0.15) is 0 Å². The number of aromatic nitrogens is 2. The van der Waals surface area contributed by atoms with Crippen molar-refractivity contribution in [2.45, 2.75) is 13.5 Å². The first-order chi connectivity index (χ1) is 14.7. The van der Waals surface area contributed by atoms with Crippen LogP contribution in [0.15, 0.2) is 85.1 Å². The van der Waals surface area contributed by atoms with Crippen molar-refractivity contribution >= 4 is 43.4 Å². The molecule has 0 radical (unpaired) electrons. The van der Waals surface area contributed by atoms with E-state index in [4.69, 9.17) is 4.98 Å². The van der Waals surface area contributed by atoms with Gasteiger partial charge in [0.05, 0.1) is 22.5 Å². The number of hydrogen-bond acceptors (Lipinski definition) is 4. The van der Waals surface area contributed by atoms with Gasteiger partial charge in [-0.3, -0.25) is 14.7 Å². The highest BCUT2D eigenvalue weighted by molar-refractivity contribution is 7.22. The molecule has 0 aliphatic carbocycles. The van der Waals surface area contributed by atoms with Gasteiger partial charge in [0, 0.05) is 11.8 Å². The molecular weight excluding hydrogens is 390 g/mol. The monoisotopic (exact) mass is 409 g/mol. The number of carbonyl (C=O) groups excluding carboxylic acids is 1. The normalized spacial score (nSPS) is 11.1. The van der Waals surface area contributed by atoms with E-state index in [0.717, 1.165) is 32.2 Å². The summed E-state index contributed by atoms with van der Waals surface area (Å²) in [6.45, 7) is 2.41. The maximum atomic E-state index is 13.8. The number of anilines is 1. The average Bonchev–Trinajstić information content (AvgIpc) is 3.23. The van der Waals surface area contributed by atoms with Crippen molar-refractivity contribution in [2.75, 3.05) is 4.90 Å². The molecule has 0 unspecified atom stereocenters. The summed E-state index contributed by atoms with van der Waals surface area (Å²) in [5.74, 6) is -0.0748. The fourth-order valence-corrected chi connectivity index (χ4v) is 4.67. The number of amides is 1. The molecule has 5 heteroatoms. The molecule has 3 aromatic carbocycles. The van der Waals surface area contributed by atoms with Gasteiger partial charge >= 0.3 is 0 Å². The number of carbonyl (C=O) groups is 1. The standard InChI is InChI=1S/C25H19N3OS/c1-17-8-6-14-22-23(17)27-25(30-22)28(16-19-11-4-5-15-26-19)24(29)21-13-7-10-18-9-2-3-12-20(18)21/h2-15H,16H2,1H3. The molecule has 0 saturated carbocycles. The predicted molar refractivity (Wildman–Crippen MR) is 123 cm³/mol. The third-order valence-electron chi connectivity index (χ3n) is 5.15. The molecule has 0 atom stereocenters. The van der Waals surface area contributed by atoms with Crippen LogP contribution in [0.25, 0.3) is 21.0 Å². The summed E-state index contributed by atoms with van der Waals surface area (Å²) >= 11 is 1.53. The summed E-state index contributed by atoms with van der Waals surface area (Å²) in [5, 5.41) is 2.66. The molecule has 2 heterocycles. The Bertz CT molecular complexity index is 1360. The number of thiazole rings is 1. The number of pyridine rings is 1. The van der Waals surface area contributed by atoms with Crippen molar-refractivity contribution < 1.29 is 4.79 Å². The lowest BCUT2D eigenvalue weighted by atomic mass is 10.0. The molecular formula is C25H19N3OS. The molecule has 0 N–H and O–H groups in total. The Labute approximate surface area is 178 Å². The zero-order valence-electron chi connectivity index (χ0n) is 16.4. The number of rotatable bonds is 4. The van der Waals surface area contributed by atoms with E-state index in [1.807, 2.05) is 85.8 Å². The van der Waals surface area contributed by atoms with Crippen molar-refractivity contribution in [3.8, 4) is 0 Å². The molecule has 146 valence electrons. The molecule has 5 rings (SSSR count). The molecule has 0 spiro atoms. The van der Waals surface area contributed by atoms with Crippen LogP contribution in [0.3, 0.4) is 0 Å². The number of para-hydroxylation sites is 1. The fourth-order valence-electron chi connectivity index (χ4n) is 3.63. The Morgan fingerprint density at radius 3 is 2.57 bits per heavy atom. The van der Waals surface area contributed by atoms with Crippen LogP contribution in [-0.2, 0) is 6.54 Å². The molecule has 5 aromatic rings. The third-order valence-corrected chi connectivity index (χ3v) is 6.20. The van der Waals surface area contributed by atoms with Gasteiger partial charge in [-0.2, -0.15) is 0 Å². The van der Waals surface area contributed by atoms with E-state index in [9.17, 15) is 4.79 Å². The van der Waals surface area contributed by atoms with Crippen LogP contribution >= 0.6 is 11.3 Å². The topological polar surface area (TPSA) is 46.1 Å². The van der Waals surface area contributed by atoms with Gasteiger partial charge in [-0.25, -0.2) is 4.98 Å². The van der Waals surface area contributed by atoms with E-state index in [-0.39, 0.29) is 5.91 Å². The minimum Gasteiger partial charge on any atom is -0.278 e. The largest absolute Gasteiger partial charge is 0.278 e. The zero-order chi connectivity index (χ0) is 20.5. The Balaban J connectivity index is 1.65. The number of fused-ring (bicyclic) bond motifs is 2. The van der Waals surface area contributed by atoms with Gasteiger partial charge in [-0.15, -0.1) is 0 Å². The van der Waals surface area contributed by atoms with E-state index in [2.05, 4.69) is 4.98 Å². The molecule has 0 fully saturated rings. The molecule has 0 bridgehead atoms. The van der Waals surface area contributed by atoms with Crippen molar-refractivity contribution in [1.82, 2.24) is 9.97 Å². The minimum absolute atomic E-state index is 0.0748. The van der Waals surface area contributed by atoms with Gasteiger partial charge in [0.2, 0.25) is 0 Å². The van der Waals surface area contributed by atoms with Crippen LogP contribution in [0, 0.1) is 6.92 Å². The Morgan fingerprint density at radius 2 is 1.73 bits per heavy atom. The summed E-state index contributed by atoms with van der Waals surface area (Å²) in [5.41, 5.74) is 3.53. The quantitative estimate of drug-likeness (QED) is 0.366. The van der Waals surface area contributed by atoms with Crippen LogP contribution in [-0.4, -0.2) is 15.9 Å². The van der Waals surface area contributed by atoms with Gasteiger partial charge in [-0.1, -0.05) is 65.9 Å². The van der Waals surface area contributed by atoms with Crippen LogP contribution in [0.1, 0.15) is 21.6 Å². The van der Waals surface area contributed by atoms with Crippen LogP contribution in [0.5, 0.6) is 0 Å². The smallest absolute Gasteiger partial charge is 0.261 e. The number of benzene rings is 3. The SMILES string of the molecule is Cc1cccc2sc(N(Cc3ccccn3)C(=O)c3cccc4ccccc34)nc12. The minimum atomic E-state index is -0.0748. The highest BCUT2D eigenvalue weighted by atomic mass is 32.1. The highest BCUT2D eigenvalue weighted by Gasteiger charge is 2.24. The lowest BCUT2D eigenvalue weighted by Crippen LogP contribution is -2.30. The van der Waals surface area contributed by atoms with Crippen molar-refractivity contribution in [3.05, 3.63) is 102 Å². The second kappa shape index (κ2) is 7.69. The first-order valence-corrected chi connectivity index (χ1v) is 10.6. The molecule has 1 amide bonds. The van der Waals surface area contributed by atoms with Crippen LogP contribution in [0.4, 0.5) is 5.13 Å². The first-order valence-electron chi connectivity index (χ1n) is 9.76. The van der Waals surface area contributed by atoms with Gasteiger partial charge < -0.3 is 0 Å². The highest BCUT2D eigenvalue weighted by Crippen LogP contribution is 2.33. The van der Waals surface area contributed by atoms with Crippen LogP contribution < -0.4 is 4.90 Å². The number of aryl methyl sites for hydroxylation is 1. The second-order valence-electron chi connectivity index (χ2n) is 7.16. The number of nitrogens with zero attached hydrogens (tertiary/aromatic N) is 3. The average molecular weight is 410 g/mol. The summed E-state index contributed by atoms with van der Waals surface area (Å²) in [7, 11) is 0. The summed E-state index contributed by atoms with van der Waals surface area (Å²) in [6.07, 6.45) is 1.75. The molecule has 0 aliphatic rings. The zero-order valence-corrected chi connectivity index (χ0v) is 17.3. The fraction of sp³-hybridized carbons (Fsp3) is 0.0800. The van der Waals surface area contributed by atoms with Crippen molar-refractivity contribution in [1.29, 1.82) is 0 Å². The van der Waals surface area contributed by atoms with Crippen molar-refractivity contribution in [3.63, 3.8) is 0 Å². The maximum Gasteiger partial charge on any atom is 0.261 e. The first kappa shape index (κ1) is 18.5. The van der Waals surface area contributed by atoms with Crippen LogP contribution in [0.2, 0.25) is 0 Å². The molecule has 0 saturated heterocycles. The predicted octanol–water partition coefficient (Wildman–Crippen LogP) is 6.00. The van der Waals surface area contributed by atoms with Gasteiger partial charge in [0.25, 0.3) is 5.91 Å². The van der Waals surface area contributed by atoms with Gasteiger partial charge in [0.15, 0.2) is 5.13 Å². The molecule has 30 heavy (non-hydrogen) atoms. The molecule has 0 aliphatic heterocycles. The Morgan fingerprint density at radius 1 is 0.933 bits per heavy atom. The Kier molecular flexibility index (Phi) is 4.73. The second-order valence-corrected chi connectivity index (χ2v) is 8.17. The lowest BCUT2D eigenvalue weighted by molar-refractivity contribution is 0.0986. The summed E-state index contributed by atoms with van der Waals surface area (Å²) in [4.78, 5) is 24.8. The van der Waals surface area contributed by atoms with E-state index in [0.29, 0.717) is 17.2 Å². The number of hydrogen-bond donors (Lipinski definition) is 0. The summed E-state index contributed by atoms with van der Waals surface area (Å²) in [6, 6.07) is 25.7. The van der Waals surface area contributed by atoms with E-state index >= 15 is 0 Å². The third kappa shape index (κ3) is 3.33. The summed E-state index contributed by atoms with van der Waals surface area (Å²) < 4.78 is 1.07. The maximum absolute atomic E-state index is 13.8. The van der Waals surface area contributed by atoms with Crippen molar-refractivity contribution in [2.24, 2.45) is 0 Å². The lowest BCUT2D eigenvalue weighted by Gasteiger charge is -2.20. The molecule has 4 nitrogen and oxygen atoms in total. The van der Waals surface area contributed by atoms with E-state index < -0.39 is 0 Å². The van der Waals surface area contributed by atoms with E-state index in [1.165, 1.54) is 11.3 Å². The Hall–Kier alpha value is -3.57. The van der Waals surface area contributed by atoms with E-state index in [1.54, 1.807) is 11.1 Å². The molecule has 2 aromatic heterocycles. The van der Waals surface area contributed by atoms with Gasteiger partial charge in [-0.05, 0) is 47.5 Å².